The molecule has 1 saturated heterocycles. The summed E-state index contributed by atoms with van der Waals surface area (Å²) in [5.74, 6) is 6.50. The van der Waals surface area contributed by atoms with Crippen molar-refractivity contribution in [2.75, 3.05) is 6.61 Å². The van der Waals surface area contributed by atoms with Gasteiger partial charge in [-0.25, -0.2) is 0 Å². The Balaban J connectivity index is 1.15. The molecule has 4 aliphatic carbocycles. The van der Waals surface area contributed by atoms with Gasteiger partial charge in [0.15, 0.2) is 0 Å². The highest BCUT2D eigenvalue weighted by Crippen LogP contribution is 2.48. The second-order valence-electron chi connectivity index (χ2n) is 23.2. The summed E-state index contributed by atoms with van der Waals surface area (Å²) in [6, 6.07) is 0.268. The lowest BCUT2D eigenvalue weighted by atomic mass is 9.64. The third-order valence-electron chi connectivity index (χ3n) is 18.6. The highest BCUT2D eigenvalue weighted by molar-refractivity contribution is 6.11. The van der Waals surface area contributed by atoms with Gasteiger partial charge in [-0.15, -0.1) is 0 Å². The molecule has 1 heterocycles. The van der Waals surface area contributed by atoms with Crippen molar-refractivity contribution < 1.29 is 14.2 Å². The standard InChI is InChI=1S/C57H107BO3/c1-6-9-12-13-14-15-16-25-45(4)51-38-37-50(49-31-20-29-48(30-21-32-49)47-27-17-18-28-47)33-22-34-53(42-51)60-54-43-56(58)61-55(54)44-59-52-35-23-40-57(41-24-36-52,39-19-10-7-2)46(5)26-11-8-3/h45-56H,6-44,58H2,1-5H3/t45?,46?,48?,49?,50?,51?,52?,53?,54?,55-,56-,57?/m1/s1. The highest BCUT2D eigenvalue weighted by atomic mass is 16.6. The van der Waals surface area contributed by atoms with E-state index in [0.29, 0.717) is 17.6 Å². The van der Waals surface area contributed by atoms with Crippen LogP contribution in [0.3, 0.4) is 0 Å². The lowest BCUT2D eigenvalue weighted by molar-refractivity contribution is -0.103. The first-order valence-corrected chi connectivity index (χ1v) is 28.8. The predicted octanol–water partition coefficient (Wildman–Crippen LogP) is 16.8. The third kappa shape index (κ3) is 17.9. The summed E-state index contributed by atoms with van der Waals surface area (Å²) >= 11 is 0. The van der Waals surface area contributed by atoms with Gasteiger partial charge in [0.2, 0.25) is 0 Å². The molecule has 0 radical (unpaired) electrons. The Labute approximate surface area is 383 Å². The molecule has 0 spiro atoms. The van der Waals surface area contributed by atoms with E-state index in [1.807, 2.05) is 0 Å². The Kier molecular flexibility index (Phi) is 25.2. The number of hydrogen-bond acceptors (Lipinski definition) is 3. The average molecular weight is 851 g/mol. The molecular weight excluding hydrogens is 743 g/mol. The van der Waals surface area contributed by atoms with Gasteiger partial charge in [-0.3, -0.25) is 0 Å². The van der Waals surface area contributed by atoms with Gasteiger partial charge < -0.3 is 14.2 Å². The molecule has 3 nitrogen and oxygen atoms in total. The molecule has 0 aromatic carbocycles. The summed E-state index contributed by atoms with van der Waals surface area (Å²) < 4.78 is 21.0. The Morgan fingerprint density at radius 3 is 1.72 bits per heavy atom. The Morgan fingerprint density at radius 1 is 0.541 bits per heavy atom. The summed E-state index contributed by atoms with van der Waals surface area (Å²) in [5, 5.41) is 0. The maximum absolute atomic E-state index is 7.38. The van der Waals surface area contributed by atoms with Crippen molar-refractivity contribution in [1.29, 1.82) is 0 Å². The number of unbranched alkanes of at least 4 members (excludes halogenated alkanes) is 9. The van der Waals surface area contributed by atoms with E-state index in [-0.39, 0.29) is 18.2 Å². The number of ether oxygens (including phenoxy) is 3. The number of rotatable bonds is 24. The maximum Gasteiger partial charge on any atom is 0.139 e. The third-order valence-corrected chi connectivity index (χ3v) is 18.6. The van der Waals surface area contributed by atoms with Gasteiger partial charge in [0.05, 0.1) is 24.9 Å². The maximum atomic E-state index is 7.38. The quantitative estimate of drug-likeness (QED) is 0.0715. The Hall–Kier alpha value is -0.0551. The van der Waals surface area contributed by atoms with E-state index in [2.05, 4.69) is 42.5 Å². The normalized spacial score (nSPS) is 35.0. The van der Waals surface area contributed by atoms with E-state index in [9.17, 15) is 0 Å². The fraction of sp³-hybridized carbons (Fsp3) is 1.00. The molecule has 5 aliphatic rings. The van der Waals surface area contributed by atoms with Gasteiger partial charge in [-0.1, -0.05) is 214 Å². The topological polar surface area (TPSA) is 27.7 Å². The SMILES string of the molecule is B[C@H]1CC(OC2CCCC(C3CCCC(C4CCCC4)CCC3)CCC(C(C)CCCCCCCCC)C2)[C@@H](COC2CCCC(CCCCC)(C(C)CCCC)CCC2)O1. The van der Waals surface area contributed by atoms with E-state index >= 15 is 0 Å². The van der Waals surface area contributed by atoms with Crippen molar-refractivity contribution in [2.45, 2.75) is 309 Å². The largest absolute Gasteiger partial charge is 0.379 e. The van der Waals surface area contributed by atoms with Crippen molar-refractivity contribution in [3.63, 3.8) is 0 Å². The molecule has 4 heteroatoms. The molecule has 0 bridgehead atoms. The Bertz CT molecular complexity index is 1070. The van der Waals surface area contributed by atoms with Crippen LogP contribution in [0.4, 0.5) is 0 Å². The molecule has 5 fully saturated rings. The molecule has 4 saturated carbocycles. The van der Waals surface area contributed by atoms with Gasteiger partial charge in [0.1, 0.15) is 14.0 Å². The van der Waals surface area contributed by atoms with Crippen LogP contribution in [0.1, 0.15) is 279 Å². The van der Waals surface area contributed by atoms with Crippen LogP contribution < -0.4 is 0 Å². The van der Waals surface area contributed by atoms with Crippen LogP contribution in [0.5, 0.6) is 0 Å². The molecule has 0 aromatic heterocycles. The highest BCUT2D eigenvalue weighted by Gasteiger charge is 2.39. The molecule has 0 amide bonds. The van der Waals surface area contributed by atoms with Crippen LogP contribution in [0.25, 0.3) is 0 Å². The molecule has 0 N–H and O–H groups in total. The van der Waals surface area contributed by atoms with Crippen molar-refractivity contribution in [3.05, 3.63) is 0 Å². The van der Waals surface area contributed by atoms with Gasteiger partial charge >= 0.3 is 0 Å². The molecule has 5 rings (SSSR count). The summed E-state index contributed by atoms with van der Waals surface area (Å²) in [5.41, 5.74) is 0.561. The zero-order valence-corrected chi connectivity index (χ0v) is 42.2. The minimum atomic E-state index is 0.0922. The van der Waals surface area contributed by atoms with E-state index in [1.165, 1.54) is 238 Å². The molecule has 356 valence electrons. The van der Waals surface area contributed by atoms with Gasteiger partial charge in [0, 0.05) is 6.00 Å². The zero-order chi connectivity index (χ0) is 43.1. The lowest BCUT2D eigenvalue weighted by Gasteiger charge is -2.42. The first-order valence-electron chi connectivity index (χ1n) is 28.8. The van der Waals surface area contributed by atoms with E-state index < -0.39 is 0 Å². The molecule has 0 aromatic rings. The first-order chi connectivity index (χ1) is 29.8. The molecule has 61 heavy (non-hydrogen) atoms. The molecule has 1 aliphatic heterocycles. The summed E-state index contributed by atoms with van der Waals surface area (Å²) in [6.45, 7) is 13.0. The fourth-order valence-electron chi connectivity index (χ4n) is 14.5. The van der Waals surface area contributed by atoms with E-state index in [1.54, 1.807) is 0 Å². The van der Waals surface area contributed by atoms with Crippen molar-refractivity contribution in [2.24, 2.45) is 46.8 Å². The fourth-order valence-corrected chi connectivity index (χ4v) is 14.5. The van der Waals surface area contributed by atoms with E-state index in [0.717, 1.165) is 54.5 Å². The van der Waals surface area contributed by atoms with Gasteiger partial charge in [-0.2, -0.15) is 0 Å². The second kappa shape index (κ2) is 29.6. The lowest BCUT2D eigenvalue weighted by Crippen LogP contribution is -2.36. The van der Waals surface area contributed by atoms with Crippen LogP contribution in [0.2, 0.25) is 0 Å². The molecular formula is C57H107BO3. The summed E-state index contributed by atoms with van der Waals surface area (Å²) in [7, 11) is 2.29. The van der Waals surface area contributed by atoms with Crippen LogP contribution >= 0.6 is 0 Å². The van der Waals surface area contributed by atoms with Crippen LogP contribution in [0, 0.1) is 46.8 Å². The van der Waals surface area contributed by atoms with Crippen molar-refractivity contribution in [3.8, 4) is 0 Å². The Morgan fingerprint density at radius 2 is 1.08 bits per heavy atom. The smallest absolute Gasteiger partial charge is 0.139 e. The first kappa shape index (κ1) is 51.9. The van der Waals surface area contributed by atoms with Crippen LogP contribution in [0.15, 0.2) is 0 Å². The van der Waals surface area contributed by atoms with Crippen molar-refractivity contribution >= 4 is 7.85 Å². The average Bonchev–Trinajstić information content (AvgIpc) is 3.91. The summed E-state index contributed by atoms with van der Waals surface area (Å²) in [6.07, 6.45) is 54.6. The van der Waals surface area contributed by atoms with E-state index in [4.69, 9.17) is 14.2 Å². The predicted molar refractivity (Wildman–Crippen MR) is 266 cm³/mol. The second-order valence-corrected chi connectivity index (χ2v) is 23.2. The van der Waals surface area contributed by atoms with Crippen molar-refractivity contribution in [1.82, 2.24) is 0 Å². The molecule has 6 unspecified atom stereocenters. The zero-order valence-electron chi connectivity index (χ0n) is 42.2. The summed E-state index contributed by atoms with van der Waals surface area (Å²) in [4.78, 5) is 0. The number of hydrogen-bond donors (Lipinski definition) is 0. The minimum Gasteiger partial charge on any atom is -0.379 e. The van der Waals surface area contributed by atoms with Crippen LogP contribution in [-0.4, -0.2) is 44.9 Å². The molecule has 8 atom stereocenters. The minimum absolute atomic E-state index is 0.0922. The van der Waals surface area contributed by atoms with Crippen LogP contribution in [-0.2, 0) is 14.2 Å². The van der Waals surface area contributed by atoms with Gasteiger partial charge in [-0.05, 0) is 111 Å². The monoisotopic (exact) mass is 851 g/mol. The van der Waals surface area contributed by atoms with Gasteiger partial charge in [0.25, 0.3) is 0 Å².